The maximum absolute atomic E-state index is 4.74. The van der Waals surface area contributed by atoms with Gasteiger partial charge < -0.3 is 9.97 Å². The van der Waals surface area contributed by atoms with Crippen molar-refractivity contribution in [1.82, 2.24) is 9.97 Å². The molecule has 7 rings (SSSR count). The van der Waals surface area contributed by atoms with Crippen molar-refractivity contribution in [2.75, 3.05) is 0 Å². The second kappa shape index (κ2) is 12.7. The average Bonchev–Trinajstić information content (AvgIpc) is 3.26. The molecule has 3 heteroatoms. The summed E-state index contributed by atoms with van der Waals surface area (Å²) in [4.78, 5) is 9.31. The minimum atomic E-state index is -0.0814. The van der Waals surface area contributed by atoms with E-state index in [9.17, 15) is 0 Å². The maximum Gasteiger partial charge on any atom is 0.0198 e. The van der Waals surface area contributed by atoms with E-state index in [1.165, 1.54) is 44.2 Å². The first-order valence-corrected chi connectivity index (χ1v) is 15.8. The van der Waals surface area contributed by atoms with E-state index in [1.54, 1.807) is 0 Å². The molecule has 2 nitrogen and oxygen atoms in total. The van der Waals surface area contributed by atoms with Gasteiger partial charge in [0.05, 0.1) is 0 Å². The van der Waals surface area contributed by atoms with Gasteiger partial charge in [0.1, 0.15) is 0 Å². The zero-order valence-electron chi connectivity index (χ0n) is 28.1. The molecular weight excluding hydrogens is 737 g/mol. The second-order valence-corrected chi connectivity index (χ2v) is 14.7. The van der Waals surface area contributed by atoms with Gasteiger partial charge in [-0.15, -0.1) is 71.3 Å². The van der Waals surface area contributed by atoms with Gasteiger partial charge >= 0.3 is 0 Å². The molecule has 1 aliphatic rings. The van der Waals surface area contributed by atoms with E-state index in [0.29, 0.717) is 0 Å². The van der Waals surface area contributed by atoms with Crippen LogP contribution in [-0.4, -0.2) is 9.97 Å². The monoisotopic (exact) mass is 779 g/mol. The molecule has 46 heavy (non-hydrogen) atoms. The molecule has 0 spiro atoms. The van der Waals surface area contributed by atoms with E-state index >= 15 is 0 Å². The third kappa shape index (κ3) is 6.50. The molecule has 0 aliphatic heterocycles. The molecule has 0 saturated carbocycles. The van der Waals surface area contributed by atoms with Crippen LogP contribution in [0.2, 0.25) is 0 Å². The molecule has 0 N–H and O–H groups in total. The van der Waals surface area contributed by atoms with Gasteiger partial charge in [0, 0.05) is 37.9 Å². The maximum atomic E-state index is 4.74. The quantitative estimate of drug-likeness (QED) is 0.164. The van der Waals surface area contributed by atoms with Gasteiger partial charge in [-0.2, -0.15) is 0 Å². The number of benzene rings is 4. The molecule has 6 aromatic rings. The fourth-order valence-corrected chi connectivity index (χ4v) is 6.23. The zero-order valence-corrected chi connectivity index (χ0v) is 30.5. The van der Waals surface area contributed by atoms with Crippen molar-refractivity contribution in [1.29, 1.82) is 0 Å². The molecule has 0 bridgehead atoms. The standard InChI is InChI=1S/C24H18N.C19H24N.Ir/c1-24(2)21-15-18-11-7-6-10-17(18)14-20(21)19-12-13-25-23(22(19)24)16-8-4-3-5-9-16;1-18(2,3)15-9-7-14(8-10-15)17-12-11-16(13-20-17)19(4,5)6;/h3-8,10-15H,1-2H3;7,9-13H,1-6H3;/q2*-1;. The minimum Gasteiger partial charge on any atom is -0.304 e. The fraction of sp³-hybridized carbons (Fsp3) is 0.256. The molecule has 0 fully saturated rings. The van der Waals surface area contributed by atoms with Gasteiger partial charge in [-0.1, -0.05) is 91.8 Å². The van der Waals surface area contributed by atoms with Crippen molar-refractivity contribution < 1.29 is 20.1 Å². The van der Waals surface area contributed by atoms with Gasteiger partial charge in [-0.25, -0.2) is 0 Å². The van der Waals surface area contributed by atoms with Crippen molar-refractivity contribution in [2.45, 2.75) is 71.6 Å². The SMILES string of the molecule is CC(C)(C)c1c[c-]c(-c2ccc(C(C)(C)C)cn2)cc1.CC1(C)c2cc3ccccc3cc2-c2ccnc(-c3[c-]cccc3)c21.[Ir]. The number of pyridine rings is 2. The summed E-state index contributed by atoms with van der Waals surface area (Å²) in [6.07, 6.45) is 3.90. The Morgan fingerprint density at radius 1 is 0.630 bits per heavy atom. The normalized spacial score (nSPS) is 13.2. The summed E-state index contributed by atoms with van der Waals surface area (Å²) in [6, 6.07) is 40.8. The Labute approximate surface area is 288 Å². The van der Waals surface area contributed by atoms with Crippen LogP contribution >= 0.6 is 0 Å². The predicted molar refractivity (Wildman–Crippen MR) is 189 cm³/mol. The summed E-state index contributed by atoms with van der Waals surface area (Å²) < 4.78 is 0. The third-order valence-electron chi connectivity index (χ3n) is 8.97. The van der Waals surface area contributed by atoms with Crippen molar-refractivity contribution in [2.24, 2.45) is 0 Å². The van der Waals surface area contributed by atoms with Crippen LogP contribution in [0, 0.1) is 12.1 Å². The minimum absolute atomic E-state index is 0. The smallest absolute Gasteiger partial charge is 0.0198 e. The Hall–Kier alpha value is -3.91. The average molecular weight is 779 g/mol. The van der Waals surface area contributed by atoms with E-state index in [2.05, 4.69) is 157 Å². The largest absolute Gasteiger partial charge is 0.304 e. The topological polar surface area (TPSA) is 25.8 Å². The Morgan fingerprint density at radius 2 is 1.30 bits per heavy atom. The molecular formula is C43H42IrN2-2. The summed E-state index contributed by atoms with van der Waals surface area (Å²) in [5, 5.41) is 2.58. The van der Waals surface area contributed by atoms with Crippen molar-refractivity contribution >= 4 is 10.8 Å². The number of hydrogen-bond donors (Lipinski definition) is 0. The van der Waals surface area contributed by atoms with Crippen molar-refractivity contribution in [3.05, 3.63) is 144 Å². The Kier molecular flexibility index (Phi) is 9.24. The van der Waals surface area contributed by atoms with Crippen LogP contribution in [0.25, 0.3) is 44.4 Å². The molecule has 1 radical (unpaired) electrons. The van der Waals surface area contributed by atoms with Crippen LogP contribution in [0.3, 0.4) is 0 Å². The van der Waals surface area contributed by atoms with Crippen LogP contribution in [0.15, 0.2) is 109 Å². The summed E-state index contributed by atoms with van der Waals surface area (Å²) in [5.74, 6) is 0. The number of nitrogens with zero attached hydrogens (tertiary/aromatic N) is 2. The zero-order chi connectivity index (χ0) is 32.0. The summed E-state index contributed by atoms with van der Waals surface area (Å²) in [6.45, 7) is 17.9. The molecule has 2 heterocycles. The van der Waals surface area contributed by atoms with Gasteiger partial charge in [0.25, 0.3) is 0 Å². The van der Waals surface area contributed by atoms with E-state index in [-0.39, 0.29) is 36.4 Å². The van der Waals surface area contributed by atoms with Crippen molar-refractivity contribution in [3.8, 4) is 33.6 Å². The molecule has 0 saturated heterocycles. The van der Waals surface area contributed by atoms with Gasteiger partial charge in [-0.05, 0) is 79.0 Å². The van der Waals surface area contributed by atoms with Crippen LogP contribution in [-0.2, 0) is 36.4 Å². The molecule has 1 aliphatic carbocycles. The van der Waals surface area contributed by atoms with E-state index in [0.717, 1.165) is 22.5 Å². The first-order valence-electron chi connectivity index (χ1n) is 15.8. The Bertz CT molecular complexity index is 1900. The van der Waals surface area contributed by atoms with E-state index in [4.69, 9.17) is 4.98 Å². The summed E-state index contributed by atoms with van der Waals surface area (Å²) in [7, 11) is 0. The van der Waals surface area contributed by atoms with Crippen LogP contribution < -0.4 is 0 Å². The molecule has 4 aromatic carbocycles. The number of rotatable bonds is 2. The van der Waals surface area contributed by atoms with E-state index in [1.807, 2.05) is 24.5 Å². The molecule has 0 amide bonds. The predicted octanol–water partition coefficient (Wildman–Crippen LogP) is 11.1. The summed E-state index contributed by atoms with van der Waals surface area (Å²) in [5.41, 5.74) is 12.2. The van der Waals surface area contributed by atoms with Crippen LogP contribution in [0.1, 0.15) is 77.6 Å². The first-order chi connectivity index (χ1) is 21.3. The van der Waals surface area contributed by atoms with Gasteiger partial charge in [-0.3, -0.25) is 0 Å². The van der Waals surface area contributed by atoms with E-state index < -0.39 is 0 Å². The molecule has 2 aromatic heterocycles. The van der Waals surface area contributed by atoms with Crippen LogP contribution in [0.4, 0.5) is 0 Å². The fourth-order valence-electron chi connectivity index (χ4n) is 6.23. The molecule has 235 valence electrons. The van der Waals surface area contributed by atoms with Gasteiger partial charge in [0.15, 0.2) is 0 Å². The number of aromatic nitrogens is 2. The third-order valence-corrected chi connectivity index (χ3v) is 8.97. The van der Waals surface area contributed by atoms with Crippen LogP contribution in [0.5, 0.6) is 0 Å². The Morgan fingerprint density at radius 3 is 1.89 bits per heavy atom. The molecule has 0 unspecified atom stereocenters. The number of hydrogen-bond acceptors (Lipinski definition) is 2. The second-order valence-electron chi connectivity index (χ2n) is 14.7. The molecule has 0 atom stereocenters. The van der Waals surface area contributed by atoms with Gasteiger partial charge in [0.2, 0.25) is 0 Å². The first kappa shape index (κ1) is 33.5. The summed E-state index contributed by atoms with van der Waals surface area (Å²) >= 11 is 0. The van der Waals surface area contributed by atoms with Crippen molar-refractivity contribution in [3.63, 3.8) is 0 Å². The number of fused-ring (bicyclic) bond motifs is 4. The Balaban J connectivity index is 0.000000182.